The van der Waals surface area contributed by atoms with Gasteiger partial charge in [-0.3, -0.25) is 0 Å². The summed E-state index contributed by atoms with van der Waals surface area (Å²) in [6.45, 7) is 0. The van der Waals surface area contributed by atoms with Crippen LogP contribution in [-0.4, -0.2) is 17.4 Å². The average Bonchev–Trinajstić information content (AvgIpc) is 2.16. The molecule has 0 aromatic rings. The molecule has 1 fully saturated rings. The Morgan fingerprint density at radius 3 is 2.58 bits per heavy atom. The van der Waals surface area contributed by atoms with Gasteiger partial charge in [-0.25, -0.2) is 0 Å². The Labute approximate surface area is 74.5 Å². The van der Waals surface area contributed by atoms with Crippen LogP contribution >= 0.6 is 0 Å². The summed E-state index contributed by atoms with van der Waals surface area (Å²) in [5.74, 6) is 0.827. The molecule has 2 nitrogen and oxygen atoms in total. The molecule has 1 rings (SSSR count). The molecule has 0 saturated heterocycles. The standard InChI is InChI=1S/C10H19NO/c11-8-10(12)7-6-9-4-2-1-3-5-9/h8-12H,1-7H2. The van der Waals surface area contributed by atoms with Crippen LogP contribution in [0.5, 0.6) is 0 Å². The van der Waals surface area contributed by atoms with Crippen LogP contribution in [0.3, 0.4) is 0 Å². The SMILES string of the molecule is N=CC(O)CCC1CCCCC1. The molecule has 0 heterocycles. The van der Waals surface area contributed by atoms with Crippen molar-refractivity contribution in [3.05, 3.63) is 0 Å². The van der Waals surface area contributed by atoms with E-state index in [1.807, 2.05) is 0 Å². The Morgan fingerprint density at radius 1 is 1.33 bits per heavy atom. The van der Waals surface area contributed by atoms with Gasteiger partial charge in [0.2, 0.25) is 0 Å². The number of nitrogens with one attached hydrogen (secondary N) is 1. The van der Waals surface area contributed by atoms with Crippen LogP contribution in [0.25, 0.3) is 0 Å². The normalized spacial score (nSPS) is 22.1. The fraction of sp³-hybridized carbons (Fsp3) is 0.900. The van der Waals surface area contributed by atoms with Crippen molar-refractivity contribution in [2.75, 3.05) is 0 Å². The van der Waals surface area contributed by atoms with Gasteiger partial charge in [0.05, 0.1) is 6.10 Å². The third-order valence-electron chi connectivity index (χ3n) is 2.79. The monoisotopic (exact) mass is 169 g/mol. The molecule has 0 amide bonds. The minimum Gasteiger partial charge on any atom is -0.387 e. The van der Waals surface area contributed by atoms with Crippen LogP contribution in [0.4, 0.5) is 0 Å². The van der Waals surface area contributed by atoms with Gasteiger partial charge in [0, 0.05) is 6.21 Å². The van der Waals surface area contributed by atoms with Gasteiger partial charge in [0.1, 0.15) is 0 Å². The summed E-state index contributed by atoms with van der Waals surface area (Å²) >= 11 is 0. The zero-order chi connectivity index (χ0) is 8.81. The third-order valence-corrected chi connectivity index (χ3v) is 2.79. The molecule has 0 aliphatic heterocycles. The van der Waals surface area contributed by atoms with E-state index in [0.717, 1.165) is 25.0 Å². The van der Waals surface area contributed by atoms with Crippen LogP contribution in [0.15, 0.2) is 0 Å². The summed E-state index contributed by atoms with van der Waals surface area (Å²) in [6.07, 6.45) is 9.34. The average molecular weight is 169 g/mol. The lowest BCUT2D eigenvalue weighted by Gasteiger charge is -2.21. The Bertz CT molecular complexity index is 130. The third kappa shape index (κ3) is 3.35. The van der Waals surface area contributed by atoms with Gasteiger partial charge in [0.25, 0.3) is 0 Å². The predicted octanol–water partition coefficient (Wildman–Crippen LogP) is 2.36. The minimum atomic E-state index is -0.494. The number of rotatable bonds is 4. The largest absolute Gasteiger partial charge is 0.387 e. The van der Waals surface area contributed by atoms with Crippen molar-refractivity contribution < 1.29 is 5.11 Å². The Balaban J connectivity index is 2.08. The Morgan fingerprint density at radius 2 is 2.00 bits per heavy atom. The maximum atomic E-state index is 9.15. The predicted molar refractivity (Wildman–Crippen MR) is 50.6 cm³/mol. The molecule has 0 aromatic carbocycles. The van der Waals surface area contributed by atoms with Gasteiger partial charge in [0.15, 0.2) is 0 Å². The van der Waals surface area contributed by atoms with E-state index in [1.165, 1.54) is 32.1 Å². The van der Waals surface area contributed by atoms with Crippen LogP contribution in [0, 0.1) is 11.3 Å². The maximum absolute atomic E-state index is 9.15. The van der Waals surface area contributed by atoms with Crippen LogP contribution in [0.2, 0.25) is 0 Å². The van der Waals surface area contributed by atoms with Crippen molar-refractivity contribution >= 4 is 6.21 Å². The molecule has 0 aromatic heterocycles. The molecular formula is C10H19NO. The van der Waals surface area contributed by atoms with Gasteiger partial charge in [-0.05, 0) is 18.8 Å². The van der Waals surface area contributed by atoms with Gasteiger partial charge in [-0.2, -0.15) is 0 Å². The molecule has 1 atom stereocenters. The lowest BCUT2D eigenvalue weighted by Crippen LogP contribution is -2.12. The molecule has 1 unspecified atom stereocenters. The Hall–Kier alpha value is -0.370. The van der Waals surface area contributed by atoms with Crippen molar-refractivity contribution in [1.82, 2.24) is 0 Å². The van der Waals surface area contributed by atoms with Crippen LogP contribution < -0.4 is 0 Å². The lowest BCUT2D eigenvalue weighted by molar-refractivity contribution is 0.211. The quantitative estimate of drug-likeness (QED) is 0.623. The summed E-state index contributed by atoms with van der Waals surface area (Å²) in [7, 11) is 0. The smallest absolute Gasteiger partial charge is 0.0884 e. The fourth-order valence-electron chi connectivity index (χ4n) is 1.97. The highest BCUT2D eigenvalue weighted by molar-refractivity contribution is 5.58. The first-order valence-corrected chi connectivity index (χ1v) is 5.01. The highest BCUT2D eigenvalue weighted by atomic mass is 16.3. The molecular weight excluding hydrogens is 150 g/mol. The van der Waals surface area contributed by atoms with E-state index in [1.54, 1.807) is 0 Å². The molecule has 12 heavy (non-hydrogen) atoms. The second-order valence-corrected chi connectivity index (χ2v) is 3.82. The highest BCUT2D eigenvalue weighted by Gasteiger charge is 2.13. The van der Waals surface area contributed by atoms with E-state index in [2.05, 4.69) is 0 Å². The van der Waals surface area contributed by atoms with Crippen molar-refractivity contribution in [1.29, 1.82) is 5.41 Å². The zero-order valence-corrected chi connectivity index (χ0v) is 7.63. The molecule has 2 N–H and O–H groups in total. The van der Waals surface area contributed by atoms with E-state index in [-0.39, 0.29) is 0 Å². The van der Waals surface area contributed by atoms with Crippen molar-refractivity contribution in [2.45, 2.75) is 51.0 Å². The molecule has 0 spiro atoms. The first-order valence-electron chi connectivity index (χ1n) is 5.01. The fourth-order valence-corrected chi connectivity index (χ4v) is 1.97. The van der Waals surface area contributed by atoms with Gasteiger partial charge >= 0.3 is 0 Å². The molecule has 1 aliphatic rings. The number of aliphatic hydroxyl groups excluding tert-OH is 1. The van der Waals surface area contributed by atoms with Crippen molar-refractivity contribution in [3.63, 3.8) is 0 Å². The van der Waals surface area contributed by atoms with E-state index in [9.17, 15) is 0 Å². The molecule has 0 bridgehead atoms. The highest BCUT2D eigenvalue weighted by Crippen LogP contribution is 2.27. The second kappa shape index (κ2) is 5.31. The number of hydrogen-bond donors (Lipinski definition) is 2. The minimum absolute atomic E-state index is 0.494. The van der Waals surface area contributed by atoms with Crippen molar-refractivity contribution in [2.24, 2.45) is 5.92 Å². The first-order chi connectivity index (χ1) is 5.83. The van der Waals surface area contributed by atoms with E-state index >= 15 is 0 Å². The van der Waals surface area contributed by atoms with Gasteiger partial charge in [-0.15, -0.1) is 0 Å². The van der Waals surface area contributed by atoms with E-state index in [4.69, 9.17) is 10.5 Å². The summed E-state index contributed by atoms with van der Waals surface area (Å²) in [6, 6.07) is 0. The Kier molecular flexibility index (Phi) is 4.30. The van der Waals surface area contributed by atoms with Crippen LogP contribution in [-0.2, 0) is 0 Å². The first kappa shape index (κ1) is 9.72. The summed E-state index contributed by atoms with van der Waals surface area (Å²) in [4.78, 5) is 0. The summed E-state index contributed by atoms with van der Waals surface area (Å²) in [5, 5.41) is 16.0. The number of hydrogen-bond acceptors (Lipinski definition) is 2. The number of aliphatic hydroxyl groups is 1. The molecule has 70 valence electrons. The topological polar surface area (TPSA) is 44.1 Å². The molecule has 1 aliphatic carbocycles. The summed E-state index contributed by atoms with van der Waals surface area (Å²) in [5.41, 5.74) is 0. The van der Waals surface area contributed by atoms with Crippen LogP contribution in [0.1, 0.15) is 44.9 Å². The molecule has 2 heteroatoms. The molecule has 0 radical (unpaired) electrons. The van der Waals surface area contributed by atoms with Gasteiger partial charge < -0.3 is 10.5 Å². The van der Waals surface area contributed by atoms with Gasteiger partial charge in [-0.1, -0.05) is 32.1 Å². The lowest BCUT2D eigenvalue weighted by atomic mass is 9.85. The maximum Gasteiger partial charge on any atom is 0.0884 e. The zero-order valence-electron chi connectivity index (χ0n) is 7.63. The van der Waals surface area contributed by atoms with Crippen molar-refractivity contribution in [3.8, 4) is 0 Å². The molecule has 1 saturated carbocycles. The van der Waals surface area contributed by atoms with E-state index in [0.29, 0.717) is 0 Å². The van der Waals surface area contributed by atoms with E-state index < -0.39 is 6.10 Å². The summed E-state index contributed by atoms with van der Waals surface area (Å²) < 4.78 is 0. The second-order valence-electron chi connectivity index (χ2n) is 3.82.